The molecule has 0 spiro atoms. The Morgan fingerprint density at radius 3 is 2.62 bits per heavy atom. The number of nitrogens with zero attached hydrogens (tertiary/aromatic N) is 3. The lowest BCUT2D eigenvalue weighted by Gasteiger charge is -2.22. The zero-order valence-corrected chi connectivity index (χ0v) is 28.4. The van der Waals surface area contributed by atoms with Crippen molar-refractivity contribution < 1.29 is 36.6 Å². The Kier molecular flexibility index (Phi) is 8.74. The van der Waals surface area contributed by atoms with E-state index in [4.69, 9.17) is 26.8 Å². The number of ether oxygens (including phenoxy) is 2. The number of nitrogens with two attached hydrogens (primary N) is 1. The number of aryl methyl sites for hydroxylation is 1. The van der Waals surface area contributed by atoms with Crippen LogP contribution < -0.4 is 15.2 Å². The number of carbonyl (C=O) groups excluding carboxylic acids is 1. The molecule has 2 aliphatic rings. The molecule has 2 aromatic heterocycles. The molecule has 1 aliphatic carbocycles. The molecule has 2 aromatic carbocycles. The second-order valence-electron chi connectivity index (χ2n) is 11.9. The lowest BCUT2D eigenvalue weighted by molar-refractivity contribution is -0.568. The van der Waals surface area contributed by atoms with Gasteiger partial charge in [-0.2, -0.15) is 0 Å². The highest BCUT2D eigenvalue weighted by Crippen LogP contribution is 2.55. The van der Waals surface area contributed by atoms with Crippen LogP contribution in [0, 0.1) is 29.3 Å². The SMILES string of the molecule is COc1cc(C[N+](=O)C[C@H](c2cc3c(c(-c4ccc(F)c(F)c4F)n2)OC[C@]3(C)I=CC(N)=O)C2(F)CC2)cc2cc(Cl)c(C)nc12. The maximum Gasteiger partial charge on any atom is 0.246 e. The van der Waals surface area contributed by atoms with Crippen LogP contribution in [-0.2, 0) is 14.8 Å². The molecule has 2 N–H and O–H groups in total. The molecule has 2 atom stereocenters. The minimum Gasteiger partial charge on any atom is -0.494 e. The van der Waals surface area contributed by atoms with E-state index in [0.717, 1.165) is 12.1 Å². The highest BCUT2D eigenvalue weighted by molar-refractivity contribution is 14.2. The maximum atomic E-state index is 16.2. The predicted octanol–water partition coefficient (Wildman–Crippen LogP) is 7.12. The Morgan fingerprint density at radius 1 is 1.19 bits per heavy atom. The normalized spacial score (nSPS) is 18.8. The van der Waals surface area contributed by atoms with Crippen molar-refractivity contribution in [1.82, 2.24) is 9.97 Å². The highest BCUT2D eigenvalue weighted by atomic mass is 127. The predicted molar refractivity (Wildman–Crippen MR) is 178 cm³/mol. The Morgan fingerprint density at radius 2 is 1.94 bits per heavy atom. The van der Waals surface area contributed by atoms with E-state index in [1.165, 1.54) is 11.1 Å². The van der Waals surface area contributed by atoms with Crippen LogP contribution in [-0.4, -0.2) is 50.6 Å². The number of aromatic nitrogens is 2. The Hall–Kier alpha value is -3.72. The first kappa shape index (κ1) is 33.2. The molecule has 0 saturated heterocycles. The summed E-state index contributed by atoms with van der Waals surface area (Å²) in [5.41, 5.74) is 5.49. The Bertz CT molecular complexity index is 2010. The lowest BCUT2D eigenvalue weighted by atomic mass is 9.91. The number of rotatable bonds is 10. The number of nitroso groups, excluding NO2 is 1. The molecule has 0 radical (unpaired) electrons. The second kappa shape index (κ2) is 12.4. The van der Waals surface area contributed by atoms with Crippen molar-refractivity contribution in [2.75, 3.05) is 20.3 Å². The van der Waals surface area contributed by atoms with Crippen molar-refractivity contribution in [2.24, 2.45) is 5.73 Å². The van der Waals surface area contributed by atoms with Gasteiger partial charge in [-0.3, -0.25) is 4.79 Å². The third-order valence-corrected chi connectivity index (χ3v) is 12.1. The van der Waals surface area contributed by atoms with Gasteiger partial charge in [0.1, 0.15) is 35.0 Å². The first-order chi connectivity index (χ1) is 22.2. The minimum absolute atomic E-state index is 0.0735. The van der Waals surface area contributed by atoms with E-state index in [1.54, 1.807) is 31.2 Å². The fourth-order valence-electron chi connectivity index (χ4n) is 5.80. The van der Waals surface area contributed by atoms with E-state index in [9.17, 15) is 18.5 Å². The monoisotopic (exact) mass is 783 g/mol. The van der Waals surface area contributed by atoms with E-state index in [-0.39, 0.29) is 55.2 Å². The number of hydrogen-bond donors (Lipinski definition) is 1. The fourth-order valence-corrected chi connectivity index (χ4v) is 8.02. The lowest BCUT2D eigenvalue weighted by Crippen LogP contribution is -2.27. The van der Waals surface area contributed by atoms with Gasteiger partial charge in [-0.15, -0.1) is 20.7 Å². The van der Waals surface area contributed by atoms with Crippen LogP contribution in [0.25, 0.3) is 22.2 Å². The van der Waals surface area contributed by atoms with Gasteiger partial charge in [0, 0.05) is 35.8 Å². The Balaban J connectivity index is 1.42. The smallest absolute Gasteiger partial charge is 0.246 e. The number of carbonyl (C=O) groups is 1. The van der Waals surface area contributed by atoms with Crippen LogP contribution in [0.15, 0.2) is 36.4 Å². The number of methoxy groups -OCH3 is 1. The van der Waals surface area contributed by atoms with Gasteiger partial charge in [0.05, 0.1) is 32.9 Å². The topological polar surface area (TPSA) is 107 Å². The number of alkyl halides is 2. The quantitative estimate of drug-likeness (QED) is 0.0604. The van der Waals surface area contributed by atoms with Crippen molar-refractivity contribution in [3.63, 3.8) is 0 Å². The molecular formula is C33H29ClF4IN4O4+. The highest BCUT2D eigenvalue weighted by Gasteiger charge is 2.55. The summed E-state index contributed by atoms with van der Waals surface area (Å²) in [6.07, 6.45) is 0.339. The van der Waals surface area contributed by atoms with E-state index < -0.39 is 59.1 Å². The number of amides is 1. The second-order valence-corrected chi connectivity index (χ2v) is 16.0. The van der Waals surface area contributed by atoms with Crippen LogP contribution >= 0.6 is 32.3 Å². The van der Waals surface area contributed by atoms with Crippen molar-refractivity contribution in [3.8, 4) is 22.8 Å². The van der Waals surface area contributed by atoms with Gasteiger partial charge < -0.3 is 15.2 Å². The average Bonchev–Trinajstić information content (AvgIpc) is 3.69. The van der Waals surface area contributed by atoms with E-state index in [1.807, 2.05) is 6.92 Å². The zero-order valence-electron chi connectivity index (χ0n) is 25.5. The van der Waals surface area contributed by atoms with Crippen LogP contribution in [0.3, 0.4) is 0 Å². The molecule has 8 nitrogen and oxygen atoms in total. The molecular weight excluding hydrogens is 755 g/mol. The number of fused-ring (bicyclic) bond motifs is 2. The fraction of sp³-hybridized carbons (Fsp3) is 0.333. The molecule has 6 rings (SSSR count). The molecule has 0 bridgehead atoms. The molecule has 1 saturated carbocycles. The molecule has 1 amide bonds. The summed E-state index contributed by atoms with van der Waals surface area (Å²) in [6, 6.07) is 8.60. The summed E-state index contributed by atoms with van der Waals surface area (Å²) in [5, 5.41) is 1.12. The van der Waals surface area contributed by atoms with Gasteiger partial charge >= 0.3 is 0 Å². The third kappa shape index (κ3) is 6.31. The molecule has 3 heterocycles. The van der Waals surface area contributed by atoms with E-state index in [0.29, 0.717) is 43.3 Å². The summed E-state index contributed by atoms with van der Waals surface area (Å²) in [4.78, 5) is 34.3. The number of pyridine rings is 2. The van der Waals surface area contributed by atoms with Crippen molar-refractivity contribution in [1.29, 1.82) is 0 Å². The van der Waals surface area contributed by atoms with Crippen LogP contribution in [0.4, 0.5) is 17.6 Å². The van der Waals surface area contributed by atoms with Crippen LogP contribution in [0.1, 0.15) is 48.2 Å². The number of halogens is 6. The summed E-state index contributed by atoms with van der Waals surface area (Å²) in [7, 11) is 1.49. The van der Waals surface area contributed by atoms with Gasteiger partial charge in [0.15, 0.2) is 17.5 Å². The number of primary amides is 1. The van der Waals surface area contributed by atoms with Gasteiger partial charge in [-0.05, 0) is 63.1 Å². The maximum absolute atomic E-state index is 16.2. The van der Waals surface area contributed by atoms with Gasteiger partial charge in [-0.25, -0.2) is 27.5 Å². The van der Waals surface area contributed by atoms with Gasteiger partial charge in [-0.1, -0.05) is 11.6 Å². The van der Waals surface area contributed by atoms with Crippen molar-refractivity contribution in [3.05, 3.63) is 86.3 Å². The average molecular weight is 784 g/mol. The molecule has 246 valence electrons. The van der Waals surface area contributed by atoms with Crippen molar-refractivity contribution >= 4 is 53.2 Å². The zero-order chi connectivity index (χ0) is 33.8. The number of hydrogen-bond acceptors (Lipinski definition) is 6. The summed E-state index contributed by atoms with van der Waals surface area (Å²) < 4.78 is 72.5. The first-order valence-corrected chi connectivity index (χ1v) is 17.3. The standard InChI is InChI=1S/C33H28ClF4IN4O4/c1-16-22(34)10-18-8-17(9-25(46-3)29(18)41-16)13-43(45)14-21(33(38)6-7-33)24-11-20-31(47-15-32(20,2)39-12-26(40)44)30(42-24)19-4-5-23(35)28(37)27(19)36/h4-5,8-12,21H,6-7,13-15H2,1-3H3,(H-,40,44)/p+1/t21-,32+/m1/s1. The molecule has 14 heteroatoms. The molecule has 1 fully saturated rings. The van der Waals surface area contributed by atoms with E-state index >= 15 is 8.78 Å². The third-order valence-electron chi connectivity index (χ3n) is 8.48. The van der Waals surface area contributed by atoms with Gasteiger partial charge in [0.2, 0.25) is 19.0 Å². The largest absolute Gasteiger partial charge is 0.494 e. The van der Waals surface area contributed by atoms with Crippen LogP contribution in [0.2, 0.25) is 5.02 Å². The van der Waals surface area contributed by atoms with Gasteiger partial charge in [0.25, 0.3) is 0 Å². The molecule has 1 aliphatic heterocycles. The molecule has 47 heavy (non-hydrogen) atoms. The molecule has 0 unspecified atom stereocenters. The van der Waals surface area contributed by atoms with Crippen molar-refractivity contribution in [2.45, 2.75) is 48.2 Å². The molecule has 4 aromatic rings. The summed E-state index contributed by atoms with van der Waals surface area (Å²) in [6.45, 7) is 3.21. The first-order valence-electron chi connectivity index (χ1n) is 14.6. The minimum atomic E-state index is -1.78. The number of benzene rings is 2. The summed E-state index contributed by atoms with van der Waals surface area (Å²) in [5.74, 6) is -5.68. The van der Waals surface area contributed by atoms with Crippen LogP contribution in [0.5, 0.6) is 11.5 Å². The Labute approximate surface area is 281 Å². The summed E-state index contributed by atoms with van der Waals surface area (Å²) >= 11 is 5.21. The van der Waals surface area contributed by atoms with E-state index in [2.05, 4.69) is 9.97 Å².